The Morgan fingerprint density at radius 2 is 2.30 bits per heavy atom. The van der Waals surface area contributed by atoms with E-state index in [1.807, 2.05) is 6.20 Å². The minimum Gasteiger partial charge on any atom is -0.465 e. The van der Waals surface area contributed by atoms with Crippen molar-refractivity contribution in [1.82, 2.24) is 24.3 Å². The minimum absolute atomic E-state index is 0.254. The summed E-state index contributed by atoms with van der Waals surface area (Å²) < 4.78 is 8.64. The molecule has 4 heterocycles. The van der Waals surface area contributed by atoms with E-state index in [4.69, 9.17) is 4.74 Å². The molecule has 1 aromatic heterocycles. The van der Waals surface area contributed by atoms with Gasteiger partial charge in [-0.1, -0.05) is 11.8 Å². The minimum atomic E-state index is -0.529. The average molecular weight is 331 g/mol. The summed E-state index contributed by atoms with van der Waals surface area (Å²) in [7, 11) is 1.30. The molecule has 0 saturated heterocycles. The monoisotopic (exact) mass is 331 g/mol. The lowest BCUT2D eigenvalue weighted by molar-refractivity contribution is 0.0600. The number of carbonyl (C=O) groups excluding carboxylic acids is 1. The fourth-order valence-electron chi connectivity index (χ4n) is 2.67. The van der Waals surface area contributed by atoms with Crippen LogP contribution in [-0.4, -0.2) is 43.1 Å². The van der Waals surface area contributed by atoms with Crippen molar-refractivity contribution in [2.45, 2.75) is 18.2 Å². The Labute approximate surface area is 134 Å². The second-order valence-corrected chi connectivity index (χ2v) is 6.27. The van der Waals surface area contributed by atoms with E-state index in [1.54, 1.807) is 28.7 Å². The zero-order valence-electron chi connectivity index (χ0n) is 12.3. The number of methoxy groups -OCH3 is 1. The Morgan fingerprint density at radius 1 is 1.43 bits per heavy atom. The van der Waals surface area contributed by atoms with Gasteiger partial charge in [0.25, 0.3) is 5.56 Å². The first kappa shape index (κ1) is 14.1. The fraction of sp³-hybridized carbons (Fsp3) is 0.286. The number of thioether (sulfide) groups is 1. The van der Waals surface area contributed by atoms with Crippen LogP contribution in [0.1, 0.15) is 16.1 Å². The van der Waals surface area contributed by atoms with E-state index in [2.05, 4.69) is 19.7 Å². The summed E-state index contributed by atoms with van der Waals surface area (Å²) in [6.45, 7) is 1.42. The first-order valence-corrected chi connectivity index (χ1v) is 7.99. The molecule has 3 aliphatic heterocycles. The van der Waals surface area contributed by atoms with E-state index < -0.39 is 5.97 Å². The number of imidazole rings is 1. The van der Waals surface area contributed by atoms with Crippen molar-refractivity contribution >= 4 is 17.7 Å². The van der Waals surface area contributed by atoms with Gasteiger partial charge in [-0.25, -0.2) is 14.9 Å². The Kier molecular flexibility index (Phi) is 3.22. The molecule has 1 aromatic rings. The quantitative estimate of drug-likeness (QED) is 0.714. The Hall–Kier alpha value is -2.55. The molecule has 0 bridgehead atoms. The number of nitrogens with zero attached hydrogens (tertiary/aromatic N) is 4. The van der Waals surface area contributed by atoms with Gasteiger partial charge in [-0.2, -0.15) is 5.10 Å². The molecule has 9 heteroatoms. The van der Waals surface area contributed by atoms with E-state index in [0.717, 1.165) is 23.1 Å². The Bertz CT molecular complexity index is 903. The highest BCUT2D eigenvalue weighted by molar-refractivity contribution is 7.99. The molecular formula is C14H13N5O3S. The topological polar surface area (TPSA) is 94.8 Å². The van der Waals surface area contributed by atoms with Crippen LogP contribution in [0.5, 0.6) is 0 Å². The first-order valence-electron chi connectivity index (χ1n) is 7.01. The lowest BCUT2D eigenvalue weighted by Gasteiger charge is -2.10. The van der Waals surface area contributed by atoms with Crippen molar-refractivity contribution in [3.63, 3.8) is 0 Å². The molecular weight excluding hydrogens is 318 g/mol. The number of fused-ring (bicyclic) bond motifs is 2. The van der Waals surface area contributed by atoms with Crippen LogP contribution in [0.2, 0.25) is 0 Å². The summed E-state index contributed by atoms with van der Waals surface area (Å²) in [6, 6.07) is 0. The van der Waals surface area contributed by atoms with E-state index in [0.29, 0.717) is 17.8 Å². The van der Waals surface area contributed by atoms with Crippen molar-refractivity contribution in [2.75, 3.05) is 12.9 Å². The molecule has 0 fully saturated rings. The van der Waals surface area contributed by atoms with Gasteiger partial charge in [-0.15, -0.1) is 0 Å². The van der Waals surface area contributed by atoms with Gasteiger partial charge in [0.2, 0.25) is 0 Å². The van der Waals surface area contributed by atoms with Gasteiger partial charge < -0.3 is 13.9 Å². The number of aryl methyl sites for hydroxylation is 1. The highest BCUT2D eigenvalue weighted by atomic mass is 32.2. The van der Waals surface area contributed by atoms with Gasteiger partial charge >= 0.3 is 5.97 Å². The van der Waals surface area contributed by atoms with Crippen molar-refractivity contribution in [2.24, 2.45) is 0 Å². The largest absolute Gasteiger partial charge is 0.465 e. The van der Waals surface area contributed by atoms with Crippen LogP contribution < -0.4 is 5.56 Å². The summed E-state index contributed by atoms with van der Waals surface area (Å²) >= 11 is 1.72. The molecule has 23 heavy (non-hydrogen) atoms. The molecule has 8 nitrogen and oxygen atoms in total. The molecule has 1 N–H and O–H groups in total. The third-order valence-corrected chi connectivity index (χ3v) is 4.69. The summed E-state index contributed by atoms with van der Waals surface area (Å²) in [6.07, 6.45) is 5.30. The number of esters is 1. The smallest absolute Gasteiger partial charge is 0.341 e. The third kappa shape index (κ3) is 2.33. The molecule has 0 aromatic carbocycles. The lowest BCUT2D eigenvalue weighted by atomic mass is 10.1. The molecule has 0 atom stereocenters. The molecule has 0 spiro atoms. The maximum Gasteiger partial charge on any atom is 0.341 e. The van der Waals surface area contributed by atoms with Crippen LogP contribution in [0.25, 0.3) is 11.3 Å². The van der Waals surface area contributed by atoms with Crippen LogP contribution in [0.3, 0.4) is 0 Å². The number of hydrogen-bond donors (Lipinski definition) is 1. The summed E-state index contributed by atoms with van der Waals surface area (Å²) in [5.41, 5.74) is 1.48. The Balaban J connectivity index is 1.76. The second-order valence-electron chi connectivity index (χ2n) is 5.21. The van der Waals surface area contributed by atoms with E-state index in [9.17, 15) is 9.59 Å². The summed E-state index contributed by atoms with van der Waals surface area (Å²) in [5, 5.41) is 7.27. The number of H-pyrrole nitrogens is 1. The summed E-state index contributed by atoms with van der Waals surface area (Å²) in [4.78, 5) is 28.4. The normalized spacial score (nSPS) is 13.4. The van der Waals surface area contributed by atoms with Gasteiger partial charge in [-0.05, 0) is 0 Å². The number of nitrogens with one attached hydrogen (secondary N) is 1. The zero-order chi connectivity index (χ0) is 16.0. The molecule has 0 unspecified atom stereocenters. The molecule has 0 amide bonds. The number of ether oxygens (including phenoxy) is 1. The predicted molar refractivity (Wildman–Crippen MR) is 82.9 cm³/mol. The van der Waals surface area contributed by atoms with Crippen LogP contribution >= 0.6 is 11.8 Å². The standard InChI is InChI=1S/C14H13N5O3S/c1-22-13(21)10-7-18(6-9-11(10)16-17-12(9)20)4-8-5-19-2-3-23-14(19)15-8/h5-7H,2-4H2,1H3,(H,17,20). The van der Waals surface area contributed by atoms with Gasteiger partial charge in [0.05, 0.1) is 24.9 Å². The van der Waals surface area contributed by atoms with Crippen molar-refractivity contribution in [3.8, 4) is 11.3 Å². The van der Waals surface area contributed by atoms with Gasteiger partial charge in [0.1, 0.15) is 11.3 Å². The number of hydrogen-bond acceptors (Lipinski definition) is 6. The van der Waals surface area contributed by atoms with Gasteiger partial charge in [0.15, 0.2) is 5.16 Å². The zero-order valence-corrected chi connectivity index (χ0v) is 13.1. The van der Waals surface area contributed by atoms with E-state index >= 15 is 0 Å². The molecule has 0 radical (unpaired) electrons. The number of pyridine rings is 1. The van der Waals surface area contributed by atoms with Crippen LogP contribution in [0, 0.1) is 0 Å². The average Bonchev–Trinajstić information content (AvgIpc) is 3.22. The maximum absolute atomic E-state index is 11.9. The van der Waals surface area contributed by atoms with Crippen LogP contribution in [0.15, 0.2) is 28.5 Å². The Morgan fingerprint density at radius 3 is 3.09 bits per heavy atom. The number of aromatic amines is 1. The van der Waals surface area contributed by atoms with Crippen molar-refractivity contribution in [1.29, 1.82) is 0 Å². The van der Waals surface area contributed by atoms with E-state index in [1.165, 1.54) is 7.11 Å². The SMILES string of the molecule is COC(=O)c1cn(Cc2cn3c(n2)SCC3)cc2c(=O)[nH]nc1-2. The predicted octanol–water partition coefficient (Wildman–Crippen LogP) is 0.813. The highest BCUT2D eigenvalue weighted by Gasteiger charge is 2.22. The summed E-state index contributed by atoms with van der Waals surface area (Å²) in [5.74, 6) is 0.515. The molecule has 4 rings (SSSR count). The van der Waals surface area contributed by atoms with Crippen LogP contribution in [-0.2, 0) is 17.8 Å². The molecule has 3 aliphatic rings. The number of aromatic nitrogens is 5. The molecule has 118 valence electrons. The molecule has 0 aliphatic carbocycles. The number of rotatable bonds is 3. The van der Waals surface area contributed by atoms with Crippen molar-refractivity contribution in [3.05, 3.63) is 40.2 Å². The molecule has 0 saturated carbocycles. The number of carbonyl (C=O) groups is 1. The fourth-order valence-corrected chi connectivity index (χ4v) is 3.63. The second kappa shape index (κ2) is 5.27. The maximum atomic E-state index is 11.9. The first-order chi connectivity index (χ1) is 11.2. The van der Waals surface area contributed by atoms with Gasteiger partial charge in [-0.3, -0.25) is 4.79 Å². The van der Waals surface area contributed by atoms with Crippen LogP contribution in [0.4, 0.5) is 0 Å². The van der Waals surface area contributed by atoms with E-state index in [-0.39, 0.29) is 11.1 Å². The van der Waals surface area contributed by atoms with Gasteiger partial charge in [0, 0.05) is 30.9 Å². The highest BCUT2D eigenvalue weighted by Crippen LogP contribution is 2.25. The van der Waals surface area contributed by atoms with Crippen molar-refractivity contribution < 1.29 is 9.53 Å². The third-order valence-electron chi connectivity index (χ3n) is 3.72. The lowest BCUT2D eigenvalue weighted by Crippen LogP contribution is -2.12.